The average Bonchev–Trinajstić information content (AvgIpc) is 3.09. The molecule has 59 heavy (non-hydrogen) atoms. The number of halogens is 2. The molecular formula is C54H108Br2O3. The van der Waals surface area contributed by atoms with E-state index in [1.54, 1.807) is 0 Å². The van der Waals surface area contributed by atoms with Crippen LogP contribution in [0.5, 0.6) is 0 Å². The van der Waals surface area contributed by atoms with Crippen molar-refractivity contribution in [3.8, 4) is 0 Å². The molecule has 0 saturated heterocycles. The predicted octanol–water partition coefficient (Wildman–Crippen LogP) is 19.0. The zero-order valence-electron chi connectivity index (χ0n) is 42.4. The zero-order valence-corrected chi connectivity index (χ0v) is 45.6. The van der Waals surface area contributed by atoms with Gasteiger partial charge in [-0.15, -0.1) is 0 Å². The third-order valence-corrected chi connectivity index (χ3v) is 13.8. The van der Waals surface area contributed by atoms with Crippen LogP contribution in [0, 0.1) is 59.2 Å². The highest BCUT2D eigenvalue weighted by atomic mass is 79.9. The largest absolute Gasteiger partial charge is 0.353 e. The molecule has 3 nitrogen and oxygen atoms in total. The van der Waals surface area contributed by atoms with Crippen molar-refractivity contribution in [3.63, 3.8) is 0 Å². The van der Waals surface area contributed by atoms with Gasteiger partial charge in [0.05, 0.1) is 0 Å². The van der Waals surface area contributed by atoms with Crippen molar-refractivity contribution in [1.82, 2.24) is 0 Å². The van der Waals surface area contributed by atoms with Gasteiger partial charge in [0.1, 0.15) is 0 Å². The Hall–Kier alpha value is 0.840. The van der Waals surface area contributed by atoms with Crippen LogP contribution >= 0.6 is 31.9 Å². The van der Waals surface area contributed by atoms with Crippen LogP contribution in [0.1, 0.15) is 251 Å². The second-order valence-electron chi connectivity index (χ2n) is 21.7. The van der Waals surface area contributed by atoms with E-state index in [0.717, 1.165) is 111 Å². The summed E-state index contributed by atoms with van der Waals surface area (Å²) in [6.45, 7) is 35.5. The monoisotopic (exact) mass is 963 g/mol. The Kier molecular flexibility index (Phi) is 38.7. The van der Waals surface area contributed by atoms with Crippen LogP contribution in [0.15, 0.2) is 0 Å². The van der Waals surface area contributed by atoms with Crippen LogP contribution in [0.25, 0.3) is 0 Å². The van der Waals surface area contributed by atoms with E-state index in [0.29, 0.717) is 9.65 Å². The third kappa shape index (κ3) is 37.9. The van der Waals surface area contributed by atoms with Crippen molar-refractivity contribution in [2.24, 2.45) is 59.2 Å². The predicted molar refractivity (Wildman–Crippen MR) is 271 cm³/mol. The first-order valence-electron chi connectivity index (χ1n) is 26.1. The molecule has 356 valence electrons. The van der Waals surface area contributed by atoms with Gasteiger partial charge in [-0.1, -0.05) is 180 Å². The molecule has 0 saturated carbocycles. The van der Waals surface area contributed by atoms with E-state index in [-0.39, 0.29) is 12.6 Å². The summed E-state index contributed by atoms with van der Waals surface area (Å²) in [5.74, 6) is 7.88. The van der Waals surface area contributed by atoms with E-state index >= 15 is 0 Å². The van der Waals surface area contributed by atoms with E-state index in [1.807, 2.05) is 0 Å². The van der Waals surface area contributed by atoms with Crippen molar-refractivity contribution in [2.75, 3.05) is 13.2 Å². The van der Waals surface area contributed by atoms with E-state index in [4.69, 9.17) is 14.2 Å². The lowest BCUT2D eigenvalue weighted by atomic mass is 9.82. The fourth-order valence-corrected chi connectivity index (χ4v) is 12.2. The number of rotatable bonds is 42. The number of alkyl halides is 2. The second kappa shape index (κ2) is 38.1. The summed E-state index contributed by atoms with van der Waals surface area (Å²) in [5, 5.41) is 0. The van der Waals surface area contributed by atoms with E-state index in [1.165, 1.54) is 116 Å². The summed E-state index contributed by atoms with van der Waals surface area (Å²) in [4.78, 5) is 1.25. The van der Waals surface area contributed by atoms with Crippen LogP contribution in [-0.2, 0) is 14.2 Å². The van der Waals surface area contributed by atoms with Gasteiger partial charge in [-0.05, 0) is 162 Å². The molecule has 0 radical (unpaired) electrons. The Balaban J connectivity index is 5.13. The first-order chi connectivity index (χ1) is 27.9. The van der Waals surface area contributed by atoms with Gasteiger partial charge in [0, 0.05) is 22.9 Å². The summed E-state index contributed by atoms with van der Waals surface area (Å²) in [6, 6.07) is 0. The third-order valence-electron chi connectivity index (χ3n) is 13.1. The van der Waals surface area contributed by atoms with E-state index in [2.05, 4.69) is 129 Å². The minimum absolute atomic E-state index is 0.162. The standard InChI is InChI=1S/C54H108Br2O3/c1-15-17-19-21-29-57-53(27-23-25-41(3)31-43(5)33-45(7)35-47(9)37-49(11)39-51(13)55)59-54(58-30-22-20-18-16-2)28-24-26-42(4)32-44(6)34-46(8)36-48(10)38-50(12)40-52(14)56/h41-54H,15-40H2,1-14H3. The molecule has 0 aromatic heterocycles. The van der Waals surface area contributed by atoms with Crippen LogP contribution in [-0.4, -0.2) is 35.4 Å². The molecule has 14 atom stereocenters. The summed E-state index contributed by atoms with van der Waals surface area (Å²) in [5.41, 5.74) is 0. The van der Waals surface area contributed by atoms with E-state index in [9.17, 15) is 0 Å². The lowest BCUT2D eigenvalue weighted by Gasteiger charge is -2.27. The average molecular weight is 965 g/mol. The molecule has 0 spiro atoms. The SMILES string of the molecule is CCCCCCOC(CCCC(C)CC(C)CC(C)CC(C)CC(C)CC(C)Br)OC(CCCC(C)CC(C)CC(C)CC(C)CC(C)CC(C)Br)OCCCCCC. The van der Waals surface area contributed by atoms with E-state index < -0.39 is 0 Å². The molecule has 0 aromatic carbocycles. The number of ether oxygens (including phenoxy) is 3. The first kappa shape index (κ1) is 59.8. The summed E-state index contributed by atoms with van der Waals surface area (Å²) in [6.07, 6.45) is 29.6. The molecule has 0 heterocycles. The molecule has 0 aliphatic rings. The van der Waals surface area contributed by atoms with Crippen LogP contribution in [0.3, 0.4) is 0 Å². The lowest BCUT2D eigenvalue weighted by Crippen LogP contribution is -2.28. The molecule has 0 aliphatic heterocycles. The highest BCUT2D eigenvalue weighted by molar-refractivity contribution is 9.09. The fourth-order valence-electron chi connectivity index (χ4n) is 10.9. The quantitative estimate of drug-likeness (QED) is 0.0347. The van der Waals surface area contributed by atoms with Crippen molar-refractivity contribution < 1.29 is 14.2 Å². The molecular weight excluding hydrogens is 856 g/mol. The van der Waals surface area contributed by atoms with Crippen LogP contribution in [0.4, 0.5) is 0 Å². The molecule has 0 aliphatic carbocycles. The van der Waals surface area contributed by atoms with Crippen LogP contribution in [0.2, 0.25) is 0 Å². The molecule has 0 bridgehead atoms. The number of hydrogen-bond acceptors (Lipinski definition) is 3. The van der Waals surface area contributed by atoms with Gasteiger partial charge >= 0.3 is 0 Å². The van der Waals surface area contributed by atoms with Gasteiger partial charge in [-0.2, -0.15) is 0 Å². The Morgan fingerprint density at radius 1 is 0.305 bits per heavy atom. The Morgan fingerprint density at radius 2 is 0.576 bits per heavy atom. The highest BCUT2D eigenvalue weighted by Crippen LogP contribution is 2.32. The number of unbranched alkanes of at least 4 members (excludes halogenated alkanes) is 6. The summed E-state index contributed by atoms with van der Waals surface area (Å²) in [7, 11) is 0. The lowest BCUT2D eigenvalue weighted by molar-refractivity contribution is -0.250. The molecule has 0 amide bonds. The maximum absolute atomic E-state index is 6.82. The Morgan fingerprint density at radius 3 is 0.847 bits per heavy atom. The first-order valence-corrected chi connectivity index (χ1v) is 27.9. The van der Waals surface area contributed by atoms with Crippen molar-refractivity contribution in [3.05, 3.63) is 0 Å². The van der Waals surface area contributed by atoms with Gasteiger partial charge < -0.3 is 14.2 Å². The molecule has 0 aromatic rings. The maximum atomic E-state index is 6.82. The number of hydrogen-bond donors (Lipinski definition) is 0. The minimum atomic E-state index is -0.162. The van der Waals surface area contributed by atoms with Gasteiger partial charge in [-0.3, -0.25) is 0 Å². The minimum Gasteiger partial charge on any atom is -0.353 e. The normalized spacial score (nSPS) is 19.5. The highest BCUT2D eigenvalue weighted by Gasteiger charge is 2.22. The zero-order chi connectivity index (χ0) is 44.6. The topological polar surface area (TPSA) is 27.7 Å². The van der Waals surface area contributed by atoms with Gasteiger partial charge in [-0.25, -0.2) is 0 Å². The molecule has 14 unspecified atom stereocenters. The van der Waals surface area contributed by atoms with Crippen molar-refractivity contribution in [2.45, 2.75) is 273 Å². The van der Waals surface area contributed by atoms with Gasteiger partial charge in [0.25, 0.3) is 0 Å². The maximum Gasteiger partial charge on any atom is 0.160 e. The summed E-state index contributed by atoms with van der Waals surface area (Å²) >= 11 is 7.51. The summed E-state index contributed by atoms with van der Waals surface area (Å²) < 4.78 is 19.9. The van der Waals surface area contributed by atoms with Gasteiger partial charge in [0.15, 0.2) is 12.6 Å². The molecule has 0 rings (SSSR count). The molecule has 5 heteroatoms. The fraction of sp³-hybridized carbons (Fsp3) is 1.00. The van der Waals surface area contributed by atoms with Crippen molar-refractivity contribution in [1.29, 1.82) is 0 Å². The second-order valence-corrected chi connectivity index (χ2v) is 24.8. The molecule has 0 fully saturated rings. The van der Waals surface area contributed by atoms with Crippen LogP contribution < -0.4 is 0 Å². The van der Waals surface area contributed by atoms with Gasteiger partial charge in [0.2, 0.25) is 0 Å². The Labute approximate surface area is 389 Å². The molecule has 0 N–H and O–H groups in total. The van der Waals surface area contributed by atoms with Crippen molar-refractivity contribution >= 4 is 31.9 Å². The smallest absolute Gasteiger partial charge is 0.160 e. The Bertz CT molecular complexity index is 829.